The first-order valence-corrected chi connectivity index (χ1v) is 10.3. The number of ether oxygens (including phenoxy) is 2. The highest BCUT2D eigenvalue weighted by molar-refractivity contribution is 5.81. The molecule has 1 aromatic carbocycles. The summed E-state index contributed by atoms with van der Waals surface area (Å²) in [6.45, 7) is 2.46. The van der Waals surface area contributed by atoms with Crippen LogP contribution in [0, 0.1) is 17.5 Å². The van der Waals surface area contributed by atoms with Crippen LogP contribution < -0.4 is 10.6 Å². The summed E-state index contributed by atoms with van der Waals surface area (Å²) in [5, 5.41) is 6.15. The quantitative estimate of drug-likeness (QED) is 0.630. The Labute approximate surface area is 176 Å². The van der Waals surface area contributed by atoms with E-state index in [0.717, 1.165) is 24.8 Å². The number of rotatable bonds is 5. The Morgan fingerprint density at radius 2 is 1.71 bits per heavy atom. The lowest BCUT2D eigenvalue weighted by Crippen LogP contribution is -2.28. The van der Waals surface area contributed by atoms with E-state index in [0.29, 0.717) is 49.9 Å². The van der Waals surface area contributed by atoms with Gasteiger partial charge in [-0.15, -0.1) is 0 Å². The molecular weight excluding hydrogens is 411 g/mol. The van der Waals surface area contributed by atoms with Gasteiger partial charge < -0.3 is 24.7 Å². The number of benzene rings is 1. The second-order valence-corrected chi connectivity index (χ2v) is 7.78. The molecule has 0 amide bonds. The maximum absolute atomic E-state index is 14.2. The number of pyridine rings is 1. The van der Waals surface area contributed by atoms with Gasteiger partial charge in [0, 0.05) is 44.1 Å². The standard InChI is InChI=1S/C21H22F3N5O2/c22-12-7-15(23)20(16(24)8-12)28-21-27-17-10-25-19(26-13-1-4-30-5-2-13)9-18(17)29(21)14-3-6-31-11-14/h7-10,13-14H,1-6,11H2,(H,25,26)(H,27,28)/t14-/m0/s1. The number of nitrogens with one attached hydrogen (secondary N) is 2. The fourth-order valence-corrected chi connectivity index (χ4v) is 4.09. The molecule has 164 valence electrons. The largest absolute Gasteiger partial charge is 0.381 e. The van der Waals surface area contributed by atoms with Gasteiger partial charge in [-0.25, -0.2) is 23.1 Å². The molecule has 0 spiro atoms. The van der Waals surface area contributed by atoms with Gasteiger partial charge in [-0.05, 0) is 19.3 Å². The summed E-state index contributed by atoms with van der Waals surface area (Å²) in [5.41, 5.74) is 0.894. The number of halogens is 3. The van der Waals surface area contributed by atoms with Gasteiger partial charge in [0.2, 0.25) is 5.95 Å². The molecule has 3 aromatic rings. The third-order valence-corrected chi connectivity index (χ3v) is 5.66. The second kappa shape index (κ2) is 8.35. The van der Waals surface area contributed by atoms with Gasteiger partial charge in [0.25, 0.3) is 0 Å². The molecule has 2 aliphatic heterocycles. The molecule has 1 atom stereocenters. The zero-order valence-electron chi connectivity index (χ0n) is 16.7. The van der Waals surface area contributed by atoms with Crippen LogP contribution in [-0.2, 0) is 9.47 Å². The van der Waals surface area contributed by atoms with Gasteiger partial charge in [0.15, 0.2) is 11.6 Å². The van der Waals surface area contributed by atoms with Gasteiger partial charge in [0.1, 0.15) is 22.8 Å². The fraction of sp³-hybridized carbons (Fsp3) is 0.429. The normalized spacial score (nSPS) is 19.8. The van der Waals surface area contributed by atoms with Crippen molar-refractivity contribution in [1.82, 2.24) is 14.5 Å². The predicted molar refractivity (Wildman–Crippen MR) is 109 cm³/mol. The molecule has 0 unspecified atom stereocenters. The minimum atomic E-state index is -1.03. The molecular formula is C21H22F3N5O2. The van der Waals surface area contributed by atoms with Gasteiger partial charge in [-0.1, -0.05) is 0 Å². The van der Waals surface area contributed by atoms with Crippen molar-refractivity contribution in [2.45, 2.75) is 31.3 Å². The summed E-state index contributed by atoms with van der Waals surface area (Å²) in [6.07, 6.45) is 4.15. The molecule has 0 radical (unpaired) electrons. The van der Waals surface area contributed by atoms with E-state index in [2.05, 4.69) is 20.6 Å². The van der Waals surface area contributed by atoms with E-state index in [1.54, 1.807) is 6.20 Å². The summed E-state index contributed by atoms with van der Waals surface area (Å²) in [6, 6.07) is 3.36. The number of fused-ring (bicyclic) bond motifs is 1. The molecule has 2 aromatic heterocycles. The van der Waals surface area contributed by atoms with Crippen LogP contribution in [0.2, 0.25) is 0 Å². The third-order valence-electron chi connectivity index (χ3n) is 5.66. The average Bonchev–Trinajstić information content (AvgIpc) is 3.38. The Morgan fingerprint density at radius 1 is 0.968 bits per heavy atom. The summed E-state index contributed by atoms with van der Waals surface area (Å²) >= 11 is 0. The fourth-order valence-electron chi connectivity index (χ4n) is 4.09. The van der Waals surface area contributed by atoms with Crippen LogP contribution in [0.3, 0.4) is 0 Å². The van der Waals surface area contributed by atoms with Crippen LogP contribution in [0.1, 0.15) is 25.3 Å². The summed E-state index contributed by atoms with van der Waals surface area (Å²) in [7, 11) is 0. The number of hydrogen-bond donors (Lipinski definition) is 2. The van der Waals surface area contributed by atoms with Crippen molar-refractivity contribution in [2.75, 3.05) is 37.1 Å². The number of anilines is 3. The van der Waals surface area contributed by atoms with Gasteiger partial charge in [-0.2, -0.15) is 0 Å². The molecule has 31 heavy (non-hydrogen) atoms. The van der Waals surface area contributed by atoms with Crippen LogP contribution in [-0.4, -0.2) is 47.0 Å². The highest BCUT2D eigenvalue weighted by Gasteiger charge is 2.25. The van der Waals surface area contributed by atoms with E-state index in [9.17, 15) is 13.2 Å². The van der Waals surface area contributed by atoms with E-state index in [-0.39, 0.29) is 18.0 Å². The van der Waals surface area contributed by atoms with Gasteiger partial charge in [0.05, 0.1) is 24.4 Å². The third kappa shape index (κ3) is 4.05. The Morgan fingerprint density at radius 3 is 2.42 bits per heavy atom. The molecule has 2 N–H and O–H groups in total. The Kier molecular flexibility index (Phi) is 5.41. The number of imidazole rings is 1. The molecule has 5 rings (SSSR count). The first-order chi connectivity index (χ1) is 15.1. The second-order valence-electron chi connectivity index (χ2n) is 7.78. The predicted octanol–water partition coefficient (Wildman–Crippen LogP) is 4.14. The van der Waals surface area contributed by atoms with Crippen molar-refractivity contribution < 1.29 is 22.6 Å². The van der Waals surface area contributed by atoms with E-state index in [1.807, 2.05) is 10.6 Å². The van der Waals surface area contributed by atoms with Crippen molar-refractivity contribution >= 4 is 28.5 Å². The molecule has 4 heterocycles. The number of nitrogens with zero attached hydrogens (tertiary/aromatic N) is 3. The average molecular weight is 433 g/mol. The van der Waals surface area contributed by atoms with Crippen molar-refractivity contribution in [3.05, 3.63) is 41.8 Å². The Bertz CT molecular complexity index is 1070. The van der Waals surface area contributed by atoms with Crippen molar-refractivity contribution in [2.24, 2.45) is 0 Å². The zero-order chi connectivity index (χ0) is 21.4. The molecule has 2 saturated heterocycles. The topological polar surface area (TPSA) is 73.2 Å². The molecule has 2 aliphatic rings. The molecule has 0 saturated carbocycles. The minimum Gasteiger partial charge on any atom is -0.381 e. The van der Waals surface area contributed by atoms with Gasteiger partial charge >= 0.3 is 0 Å². The first-order valence-electron chi connectivity index (χ1n) is 10.3. The van der Waals surface area contributed by atoms with Crippen LogP contribution in [0.25, 0.3) is 11.0 Å². The maximum Gasteiger partial charge on any atom is 0.208 e. The summed E-state index contributed by atoms with van der Waals surface area (Å²) in [5.74, 6) is -2.09. The highest BCUT2D eigenvalue weighted by Crippen LogP contribution is 2.33. The Hall–Kier alpha value is -2.85. The molecule has 2 fully saturated rings. The van der Waals surface area contributed by atoms with Crippen molar-refractivity contribution in [3.8, 4) is 0 Å². The van der Waals surface area contributed by atoms with E-state index < -0.39 is 23.1 Å². The summed E-state index contributed by atoms with van der Waals surface area (Å²) in [4.78, 5) is 8.96. The van der Waals surface area contributed by atoms with E-state index in [1.165, 1.54) is 0 Å². The minimum absolute atomic E-state index is 0.0580. The van der Waals surface area contributed by atoms with E-state index >= 15 is 0 Å². The SMILES string of the molecule is Fc1cc(F)c(Nc2nc3cnc(NC4CCOCC4)cc3n2[C@H]2CCOC2)c(F)c1. The highest BCUT2D eigenvalue weighted by atomic mass is 19.1. The molecule has 7 nitrogen and oxygen atoms in total. The number of hydrogen-bond acceptors (Lipinski definition) is 6. The maximum atomic E-state index is 14.2. The first kappa shape index (κ1) is 20.1. The molecule has 0 bridgehead atoms. The van der Waals surface area contributed by atoms with Crippen molar-refractivity contribution in [1.29, 1.82) is 0 Å². The van der Waals surface area contributed by atoms with Crippen LogP contribution in [0.5, 0.6) is 0 Å². The lowest BCUT2D eigenvalue weighted by Gasteiger charge is -2.23. The van der Waals surface area contributed by atoms with Crippen molar-refractivity contribution in [3.63, 3.8) is 0 Å². The smallest absolute Gasteiger partial charge is 0.208 e. The Balaban J connectivity index is 1.53. The van der Waals surface area contributed by atoms with Crippen LogP contribution in [0.15, 0.2) is 24.4 Å². The zero-order valence-corrected chi connectivity index (χ0v) is 16.7. The van der Waals surface area contributed by atoms with E-state index in [4.69, 9.17) is 9.47 Å². The van der Waals surface area contributed by atoms with Gasteiger partial charge in [-0.3, -0.25) is 0 Å². The number of aromatic nitrogens is 3. The lowest BCUT2D eigenvalue weighted by molar-refractivity contribution is 0.0904. The molecule has 10 heteroatoms. The molecule has 0 aliphatic carbocycles. The lowest BCUT2D eigenvalue weighted by atomic mass is 10.1. The summed E-state index contributed by atoms with van der Waals surface area (Å²) < 4.78 is 54.6. The monoisotopic (exact) mass is 433 g/mol. The van der Waals surface area contributed by atoms with Crippen LogP contribution >= 0.6 is 0 Å². The van der Waals surface area contributed by atoms with Crippen LogP contribution in [0.4, 0.5) is 30.6 Å².